The van der Waals surface area contributed by atoms with Crippen molar-refractivity contribution < 1.29 is 22.5 Å². The zero-order chi connectivity index (χ0) is 16.9. The molecule has 0 spiro atoms. The van der Waals surface area contributed by atoms with Crippen LogP contribution in [0.3, 0.4) is 0 Å². The van der Waals surface area contributed by atoms with Crippen LogP contribution < -0.4 is 5.46 Å². The molecule has 0 aromatic heterocycles. The summed E-state index contributed by atoms with van der Waals surface area (Å²) in [4.78, 5) is 0. The van der Waals surface area contributed by atoms with E-state index < -0.39 is 30.1 Å². The van der Waals surface area contributed by atoms with Gasteiger partial charge in [0.2, 0.25) is 0 Å². The first kappa shape index (κ1) is 17.4. The molecule has 1 saturated heterocycles. The van der Waals surface area contributed by atoms with Crippen LogP contribution in [-0.2, 0) is 21.9 Å². The average Bonchev–Trinajstić information content (AvgIpc) is 2.55. The van der Waals surface area contributed by atoms with Gasteiger partial charge in [0.15, 0.2) is 0 Å². The van der Waals surface area contributed by atoms with Crippen LogP contribution >= 0.6 is 0 Å². The van der Waals surface area contributed by atoms with Crippen LogP contribution in [0.1, 0.15) is 51.3 Å². The maximum absolute atomic E-state index is 13.0. The van der Waals surface area contributed by atoms with Gasteiger partial charge in [-0.2, -0.15) is 13.2 Å². The highest BCUT2D eigenvalue weighted by molar-refractivity contribution is 6.63. The Hall–Kier alpha value is -1.01. The van der Waals surface area contributed by atoms with Crippen molar-refractivity contribution in [1.29, 1.82) is 0 Å². The quantitative estimate of drug-likeness (QED) is 0.772. The fourth-order valence-electron chi connectivity index (χ4n) is 2.63. The minimum atomic E-state index is -4.34. The van der Waals surface area contributed by atoms with Crippen LogP contribution in [0.2, 0.25) is 0 Å². The number of rotatable bonds is 2. The van der Waals surface area contributed by atoms with Gasteiger partial charge in [-0.3, -0.25) is 0 Å². The summed E-state index contributed by atoms with van der Waals surface area (Å²) in [6.45, 7) is 11.2. The van der Waals surface area contributed by atoms with Crippen molar-refractivity contribution in [2.75, 3.05) is 0 Å². The van der Waals surface area contributed by atoms with E-state index in [0.717, 1.165) is 0 Å². The Morgan fingerprint density at radius 3 is 1.95 bits per heavy atom. The molecule has 2 rings (SSSR count). The van der Waals surface area contributed by atoms with Gasteiger partial charge in [0.25, 0.3) is 0 Å². The molecule has 1 aromatic carbocycles. The van der Waals surface area contributed by atoms with Crippen molar-refractivity contribution in [2.45, 2.75) is 65.3 Å². The Morgan fingerprint density at radius 2 is 1.55 bits per heavy atom. The predicted molar refractivity (Wildman–Crippen MR) is 81.3 cm³/mol. The summed E-state index contributed by atoms with van der Waals surface area (Å²) in [7, 11) is -0.637. The van der Waals surface area contributed by atoms with Crippen LogP contribution in [0.4, 0.5) is 13.2 Å². The van der Waals surface area contributed by atoms with E-state index in [2.05, 4.69) is 0 Å². The van der Waals surface area contributed by atoms with E-state index in [1.807, 2.05) is 34.6 Å². The maximum Gasteiger partial charge on any atom is 0.495 e. The third-order valence-electron chi connectivity index (χ3n) is 4.67. The second kappa shape index (κ2) is 5.27. The van der Waals surface area contributed by atoms with E-state index in [0.29, 0.717) is 23.0 Å². The van der Waals surface area contributed by atoms with E-state index in [1.165, 1.54) is 12.1 Å². The van der Waals surface area contributed by atoms with E-state index in [4.69, 9.17) is 9.31 Å². The molecule has 1 aliphatic heterocycles. The van der Waals surface area contributed by atoms with Gasteiger partial charge in [-0.25, -0.2) is 0 Å². The van der Waals surface area contributed by atoms with Gasteiger partial charge in [0.05, 0.1) is 16.8 Å². The molecule has 0 saturated carbocycles. The SMILES string of the molecule is CCc1cc(C(F)(F)F)cc(C)c1B1OC(C)(C)C(C)(C)O1. The molecule has 0 bridgehead atoms. The van der Waals surface area contributed by atoms with Gasteiger partial charge >= 0.3 is 13.3 Å². The normalized spacial score (nSPS) is 20.5. The topological polar surface area (TPSA) is 18.5 Å². The van der Waals surface area contributed by atoms with Crippen molar-refractivity contribution in [3.05, 3.63) is 28.8 Å². The summed E-state index contributed by atoms with van der Waals surface area (Å²) >= 11 is 0. The fourth-order valence-corrected chi connectivity index (χ4v) is 2.63. The molecule has 122 valence electrons. The Labute approximate surface area is 130 Å². The summed E-state index contributed by atoms with van der Waals surface area (Å²) in [6, 6.07) is 2.37. The lowest BCUT2D eigenvalue weighted by Crippen LogP contribution is -2.41. The molecule has 0 radical (unpaired) electrons. The van der Waals surface area contributed by atoms with E-state index in [-0.39, 0.29) is 0 Å². The highest BCUT2D eigenvalue weighted by atomic mass is 19.4. The molecule has 0 amide bonds. The molecule has 22 heavy (non-hydrogen) atoms. The standard InChI is InChI=1S/C16H22BF3O2/c1-7-11-9-12(16(18,19)20)8-10(2)13(11)17-21-14(3,4)15(5,6)22-17/h8-9H,7H2,1-6H3. The van der Waals surface area contributed by atoms with Crippen molar-refractivity contribution >= 4 is 12.6 Å². The zero-order valence-corrected chi connectivity index (χ0v) is 13.9. The van der Waals surface area contributed by atoms with Crippen molar-refractivity contribution in [3.8, 4) is 0 Å². The molecule has 0 unspecified atom stereocenters. The van der Waals surface area contributed by atoms with Gasteiger partial charge < -0.3 is 9.31 Å². The van der Waals surface area contributed by atoms with Gasteiger partial charge in [-0.1, -0.05) is 12.5 Å². The minimum Gasteiger partial charge on any atom is -0.399 e. The molecular formula is C16H22BF3O2. The maximum atomic E-state index is 13.0. The lowest BCUT2D eigenvalue weighted by Gasteiger charge is -2.32. The first-order chi connectivity index (χ1) is 9.89. The molecule has 0 atom stereocenters. The van der Waals surface area contributed by atoms with Crippen LogP contribution in [0, 0.1) is 6.92 Å². The Morgan fingerprint density at radius 1 is 1.05 bits per heavy atom. The molecule has 0 aliphatic carbocycles. The predicted octanol–water partition coefficient (Wildman–Crippen LogP) is 3.88. The van der Waals surface area contributed by atoms with Crippen molar-refractivity contribution in [1.82, 2.24) is 0 Å². The molecule has 1 heterocycles. The van der Waals surface area contributed by atoms with Gasteiger partial charge in [-0.05, 0) is 64.2 Å². The third-order valence-corrected chi connectivity index (χ3v) is 4.67. The highest BCUT2D eigenvalue weighted by Crippen LogP contribution is 2.37. The Kier molecular flexibility index (Phi) is 4.16. The molecule has 6 heteroatoms. The molecule has 2 nitrogen and oxygen atoms in total. The third kappa shape index (κ3) is 2.91. The zero-order valence-electron chi connectivity index (χ0n) is 13.9. The van der Waals surface area contributed by atoms with Crippen LogP contribution in [-0.4, -0.2) is 18.3 Å². The second-order valence-electron chi connectivity index (χ2n) is 6.81. The molecular weight excluding hydrogens is 292 g/mol. The van der Waals surface area contributed by atoms with Gasteiger partial charge in [0.1, 0.15) is 0 Å². The summed E-state index contributed by atoms with van der Waals surface area (Å²) in [5.74, 6) is 0. The molecule has 1 fully saturated rings. The van der Waals surface area contributed by atoms with Gasteiger partial charge in [-0.15, -0.1) is 0 Å². The first-order valence-corrected chi connectivity index (χ1v) is 7.45. The first-order valence-electron chi connectivity index (χ1n) is 7.45. The number of hydrogen-bond donors (Lipinski definition) is 0. The van der Waals surface area contributed by atoms with Crippen molar-refractivity contribution in [3.63, 3.8) is 0 Å². The smallest absolute Gasteiger partial charge is 0.399 e. The summed E-state index contributed by atoms with van der Waals surface area (Å²) < 4.78 is 50.9. The number of halogens is 3. The average molecular weight is 314 g/mol. The monoisotopic (exact) mass is 314 g/mol. The van der Waals surface area contributed by atoms with E-state index >= 15 is 0 Å². The van der Waals surface area contributed by atoms with Crippen LogP contribution in [0.25, 0.3) is 0 Å². The van der Waals surface area contributed by atoms with Crippen LogP contribution in [0.5, 0.6) is 0 Å². The van der Waals surface area contributed by atoms with E-state index in [1.54, 1.807) is 6.92 Å². The lowest BCUT2D eigenvalue weighted by molar-refractivity contribution is -0.137. The lowest BCUT2D eigenvalue weighted by atomic mass is 9.72. The Balaban J connectivity index is 2.49. The Bertz CT molecular complexity index is 563. The largest absolute Gasteiger partial charge is 0.495 e. The summed E-state index contributed by atoms with van der Waals surface area (Å²) in [6.07, 6.45) is -3.85. The molecule has 1 aromatic rings. The minimum absolute atomic E-state index is 0.490. The number of hydrogen-bond acceptors (Lipinski definition) is 2. The second-order valence-corrected chi connectivity index (χ2v) is 6.81. The number of benzene rings is 1. The summed E-state index contributed by atoms with van der Waals surface area (Å²) in [5.41, 5.74) is 0.225. The fraction of sp³-hybridized carbons (Fsp3) is 0.625. The molecule has 1 aliphatic rings. The molecule has 0 N–H and O–H groups in total. The van der Waals surface area contributed by atoms with E-state index in [9.17, 15) is 13.2 Å². The number of alkyl halides is 3. The summed E-state index contributed by atoms with van der Waals surface area (Å²) in [5, 5.41) is 0. The highest BCUT2D eigenvalue weighted by Gasteiger charge is 2.52. The van der Waals surface area contributed by atoms with Crippen molar-refractivity contribution in [2.24, 2.45) is 0 Å². The van der Waals surface area contributed by atoms with Crippen LogP contribution in [0.15, 0.2) is 12.1 Å². The van der Waals surface area contributed by atoms with Gasteiger partial charge in [0, 0.05) is 0 Å². The number of aryl methyl sites for hydroxylation is 2.